The summed E-state index contributed by atoms with van der Waals surface area (Å²) in [7, 11) is 1.43. The summed E-state index contributed by atoms with van der Waals surface area (Å²) in [6.45, 7) is 5.91. The molecular weight excluding hydrogens is 310 g/mol. The molecule has 0 spiro atoms. The van der Waals surface area contributed by atoms with Crippen molar-refractivity contribution in [3.63, 3.8) is 0 Å². The van der Waals surface area contributed by atoms with Gasteiger partial charge in [0.25, 0.3) is 0 Å². The Kier molecular flexibility index (Phi) is 5.38. The second-order valence-electron chi connectivity index (χ2n) is 5.67. The smallest absolute Gasteiger partial charge is 0.348 e. The van der Waals surface area contributed by atoms with Gasteiger partial charge in [0.1, 0.15) is 4.88 Å². The fraction of sp³-hybridized carbons (Fsp3) is 0.412. The van der Waals surface area contributed by atoms with Crippen LogP contribution in [0.25, 0.3) is 0 Å². The number of nitrogens with zero attached hydrogens (tertiary/aromatic N) is 3. The summed E-state index contributed by atoms with van der Waals surface area (Å²) in [6.07, 6.45) is 3.69. The molecule has 6 heteroatoms. The first-order valence-corrected chi connectivity index (χ1v) is 8.62. The molecular formula is C17H21N3O2S. The lowest BCUT2D eigenvalue weighted by atomic mass is 10.2. The van der Waals surface area contributed by atoms with Gasteiger partial charge in [0.05, 0.1) is 7.11 Å². The molecule has 1 aliphatic heterocycles. The van der Waals surface area contributed by atoms with Crippen LogP contribution in [0.2, 0.25) is 0 Å². The molecule has 2 aromatic heterocycles. The summed E-state index contributed by atoms with van der Waals surface area (Å²) >= 11 is 1.46. The number of pyridine rings is 1. The SMILES string of the molecule is COC(=O)c1sccc1CN1CCN(Cc2ccncc2)CC1. The van der Waals surface area contributed by atoms with E-state index in [-0.39, 0.29) is 5.97 Å². The topological polar surface area (TPSA) is 45.7 Å². The predicted octanol–water partition coefficient (Wildman–Crippen LogP) is 2.25. The highest BCUT2D eigenvalue weighted by atomic mass is 32.1. The lowest BCUT2D eigenvalue weighted by Gasteiger charge is -2.34. The number of rotatable bonds is 5. The van der Waals surface area contributed by atoms with Gasteiger partial charge in [0.15, 0.2) is 0 Å². The largest absolute Gasteiger partial charge is 0.465 e. The number of esters is 1. The number of ether oxygens (including phenoxy) is 1. The standard InChI is InChI=1S/C17H21N3O2S/c1-22-17(21)16-15(4-11-23-16)13-20-9-7-19(8-10-20)12-14-2-5-18-6-3-14/h2-6,11H,7-10,12-13H2,1H3. The van der Waals surface area contributed by atoms with Gasteiger partial charge in [-0.05, 0) is 34.7 Å². The van der Waals surface area contributed by atoms with Crippen LogP contribution >= 0.6 is 11.3 Å². The Morgan fingerprint density at radius 1 is 1.13 bits per heavy atom. The third kappa shape index (κ3) is 4.16. The maximum absolute atomic E-state index is 11.7. The van der Waals surface area contributed by atoms with E-state index in [1.807, 2.05) is 23.8 Å². The number of methoxy groups -OCH3 is 1. The van der Waals surface area contributed by atoms with Crippen LogP contribution in [0.5, 0.6) is 0 Å². The molecule has 0 amide bonds. The molecule has 0 saturated carbocycles. The van der Waals surface area contributed by atoms with Gasteiger partial charge < -0.3 is 4.74 Å². The highest BCUT2D eigenvalue weighted by Crippen LogP contribution is 2.20. The molecule has 0 N–H and O–H groups in total. The van der Waals surface area contributed by atoms with Crippen LogP contribution in [0.3, 0.4) is 0 Å². The van der Waals surface area contributed by atoms with Gasteiger partial charge in [0.2, 0.25) is 0 Å². The van der Waals surface area contributed by atoms with Crippen LogP contribution in [0, 0.1) is 0 Å². The summed E-state index contributed by atoms with van der Waals surface area (Å²) in [5, 5.41) is 1.96. The van der Waals surface area contributed by atoms with Crippen LogP contribution < -0.4 is 0 Å². The van der Waals surface area contributed by atoms with Crippen molar-refractivity contribution in [1.29, 1.82) is 0 Å². The molecule has 0 aromatic carbocycles. The Balaban J connectivity index is 1.52. The van der Waals surface area contributed by atoms with Crippen LogP contribution in [-0.4, -0.2) is 54.0 Å². The van der Waals surface area contributed by atoms with Crippen molar-refractivity contribution in [2.75, 3.05) is 33.3 Å². The highest BCUT2D eigenvalue weighted by molar-refractivity contribution is 7.12. The molecule has 0 unspecified atom stereocenters. The summed E-state index contributed by atoms with van der Waals surface area (Å²) in [5.41, 5.74) is 2.38. The second-order valence-corrected chi connectivity index (χ2v) is 6.59. The first-order chi connectivity index (χ1) is 11.3. The molecule has 5 nitrogen and oxygen atoms in total. The van der Waals surface area contributed by atoms with Crippen LogP contribution in [0.15, 0.2) is 36.0 Å². The van der Waals surface area contributed by atoms with E-state index in [1.165, 1.54) is 24.0 Å². The second kappa shape index (κ2) is 7.68. The van der Waals surface area contributed by atoms with Gasteiger partial charge in [0, 0.05) is 51.7 Å². The lowest BCUT2D eigenvalue weighted by Crippen LogP contribution is -2.45. The van der Waals surface area contributed by atoms with Gasteiger partial charge in [-0.3, -0.25) is 14.8 Å². The van der Waals surface area contributed by atoms with E-state index in [9.17, 15) is 4.79 Å². The number of hydrogen-bond donors (Lipinski definition) is 0. The average molecular weight is 331 g/mol. The van der Waals surface area contributed by atoms with Gasteiger partial charge in [-0.25, -0.2) is 4.79 Å². The normalized spacial score (nSPS) is 16.4. The molecule has 122 valence electrons. The Labute approximate surface area is 140 Å². The molecule has 3 rings (SSSR count). The zero-order valence-corrected chi connectivity index (χ0v) is 14.1. The Morgan fingerprint density at radius 2 is 1.78 bits per heavy atom. The molecule has 0 aliphatic carbocycles. The molecule has 1 aliphatic rings. The van der Waals surface area contributed by atoms with E-state index in [2.05, 4.69) is 26.9 Å². The van der Waals surface area contributed by atoms with Crippen LogP contribution in [0.4, 0.5) is 0 Å². The summed E-state index contributed by atoms with van der Waals surface area (Å²) in [6, 6.07) is 6.17. The molecule has 23 heavy (non-hydrogen) atoms. The van der Waals surface area contributed by atoms with E-state index >= 15 is 0 Å². The van der Waals surface area contributed by atoms with Crippen molar-refractivity contribution >= 4 is 17.3 Å². The first-order valence-electron chi connectivity index (χ1n) is 7.74. The zero-order valence-electron chi connectivity index (χ0n) is 13.3. The molecule has 3 heterocycles. The zero-order chi connectivity index (χ0) is 16.1. The maximum Gasteiger partial charge on any atom is 0.348 e. The number of thiophene rings is 1. The summed E-state index contributed by atoms with van der Waals surface area (Å²) in [5.74, 6) is -0.230. The van der Waals surface area contributed by atoms with E-state index in [4.69, 9.17) is 4.74 Å². The van der Waals surface area contributed by atoms with Crippen molar-refractivity contribution in [2.45, 2.75) is 13.1 Å². The van der Waals surface area contributed by atoms with Crippen molar-refractivity contribution in [3.8, 4) is 0 Å². The number of carbonyl (C=O) groups excluding carboxylic acids is 1. The van der Waals surface area contributed by atoms with E-state index < -0.39 is 0 Å². The number of carbonyl (C=O) groups is 1. The van der Waals surface area contributed by atoms with E-state index in [0.717, 1.165) is 49.7 Å². The lowest BCUT2D eigenvalue weighted by molar-refractivity contribution is 0.0602. The summed E-state index contributed by atoms with van der Waals surface area (Å²) in [4.78, 5) is 21.4. The van der Waals surface area contributed by atoms with Crippen molar-refractivity contribution in [1.82, 2.24) is 14.8 Å². The first kappa shape index (κ1) is 16.1. The van der Waals surface area contributed by atoms with Crippen LogP contribution in [0.1, 0.15) is 20.8 Å². The molecule has 1 saturated heterocycles. The minimum atomic E-state index is -0.230. The number of piperazine rings is 1. The molecule has 1 fully saturated rings. The minimum absolute atomic E-state index is 0.230. The quantitative estimate of drug-likeness (QED) is 0.787. The third-order valence-electron chi connectivity index (χ3n) is 4.13. The van der Waals surface area contributed by atoms with Gasteiger partial charge in [-0.1, -0.05) is 0 Å². The molecule has 0 radical (unpaired) electrons. The predicted molar refractivity (Wildman–Crippen MR) is 90.4 cm³/mol. The monoisotopic (exact) mass is 331 g/mol. The Hall–Kier alpha value is -1.76. The van der Waals surface area contributed by atoms with Crippen molar-refractivity contribution in [3.05, 3.63) is 52.0 Å². The summed E-state index contributed by atoms with van der Waals surface area (Å²) < 4.78 is 4.85. The third-order valence-corrected chi connectivity index (χ3v) is 5.07. The van der Waals surface area contributed by atoms with Gasteiger partial charge in [-0.2, -0.15) is 0 Å². The Bertz CT molecular complexity index is 636. The van der Waals surface area contributed by atoms with E-state index in [1.54, 1.807) is 0 Å². The van der Waals surface area contributed by atoms with Crippen molar-refractivity contribution in [2.24, 2.45) is 0 Å². The van der Waals surface area contributed by atoms with Gasteiger partial charge >= 0.3 is 5.97 Å². The van der Waals surface area contributed by atoms with E-state index in [0.29, 0.717) is 0 Å². The minimum Gasteiger partial charge on any atom is -0.465 e. The fourth-order valence-corrected chi connectivity index (χ4v) is 3.66. The highest BCUT2D eigenvalue weighted by Gasteiger charge is 2.20. The molecule has 0 bridgehead atoms. The van der Waals surface area contributed by atoms with Crippen LogP contribution in [-0.2, 0) is 17.8 Å². The van der Waals surface area contributed by atoms with Gasteiger partial charge in [-0.15, -0.1) is 11.3 Å². The maximum atomic E-state index is 11.7. The Morgan fingerprint density at radius 3 is 2.43 bits per heavy atom. The number of hydrogen-bond acceptors (Lipinski definition) is 6. The molecule has 2 aromatic rings. The average Bonchev–Trinajstić information content (AvgIpc) is 3.05. The number of aromatic nitrogens is 1. The van der Waals surface area contributed by atoms with Crippen molar-refractivity contribution < 1.29 is 9.53 Å². The fourth-order valence-electron chi connectivity index (χ4n) is 2.82. The molecule has 0 atom stereocenters.